The van der Waals surface area contributed by atoms with Gasteiger partial charge in [-0.25, -0.2) is 13.2 Å². The first-order valence-electron chi connectivity index (χ1n) is 5.46. The molecule has 2 heterocycles. The van der Waals surface area contributed by atoms with Crippen molar-refractivity contribution in [3.63, 3.8) is 0 Å². The zero-order valence-corrected chi connectivity index (χ0v) is 14.3. The zero-order valence-electron chi connectivity index (χ0n) is 10.3. The SMILES string of the molecule is CCOC(=O)c1ccsc1NS(=O)(=O)c1sccc1Br. The molecule has 0 radical (unpaired) electrons. The van der Waals surface area contributed by atoms with Crippen molar-refractivity contribution in [3.05, 3.63) is 32.9 Å². The highest BCUT2D eigenvalue weighted by atomic mass is 79.9. The van der Waals surface area contributed by atoms with Crippen LogP contribution in [0, 0.1) is 0 Å². The molecule has 2 rings (SSSR count). The van der Waals surface area contributed by atoms with Gasteiger partial charge in [-0.2, -0.15) is 0 Å². The summed E-state index contributed by atoms with van der Waals surface area (Å²) in [6.07, 6.45) is 0. The summed E-state index contributed by atoms with van der Waals surface area (Å²) in [4.78, 5) is 11.7. The largest absolute Gasteiger partial charge is 0.462 e. The minimum atomic E-state index is -3.72. The molecule has 0 saturated heterocycles. The standard InChI is InChI=1S/C11H10BrNO4S3/c1-2-17-10(14)7-3-5-18-9(7)13-20(15,16)11-8(12)4-6-19-11/h3-6,13H,2H2,1H3. The number of ether oxygens (including phenoxy) is 1. The third kappa shape index (κ3) is 3.22. The van der Waals surface area contributed by atoms with Crippen LogP contribution in [0.1, 0.15) is 17.3 Å². The average molecular weight is 396 g/mol. The maximum absolute atomic E-state index is 12.2. The van der Waals surface area contributed by atoms with E-state index in [2.05, 4.69) is 20.7 Å². The third-order valence-corrected chi connectivity index (χ3v) is 7.19. The van der Waals surface area contributed by atoms with E-state index in [4.69, 9.17) is 4.74 Å². The van der Waals surface area contributed by atoms with Crippen LogP contribution in [0.25, 0.3) is 0 Å². The van der Waals surface area contributed by atoms with E-state index in [1.54, 1.807) is 23.8 Å². The van der Waals surface area contributed by atoms with E-state index in [9.17, 15) is 13.2 Å². The van der Waals surface area contributed by atoms with Crippen LogP contribution in [0.3, 0.4) is 0 Å². The van der Waals surface area contributed by atoms with Crippen molar-refractivity contribution in [2.75, 3.05) is 11.3 Å². The Morgan fingerprint density at radius 2 is 2.05 bits per heavy atom. The second-order valence-electron chi connectivity index (χ2n) is 3.55. The highest BCUT2D eigenvalue weighted by Crippen LogP contribution is 2.32. The van der Waals surface area contributed by atoms with Crippen LogP contribution in [0.4, 0.5) is 5.00 Å². The fourth-order valence-electron chi connectivity index (χ4n) is 1.40. The summed E-state index contributed by atoms with van der Waals surface area (Å²) < 4.78 is 32.4. The quantitative estimate of drug-likeness (QED) is 0.785. The average Bonchev–Trinajstić information content (AvgIpc) is 2.98. The molecule has 0 fully saturated rings. The van der Waals surface area contributed by atoms with Crippen molar-refractivity contribution in [1.29, 1.82) is 0 Å². The van der Waals surface area contributed by atoms with Gasteiger partial charge in [0.1, 0.15) is 5.00 Å². The molecular weight excluding hydrogens is 386 g/mol. The number of sulfonamides is 1. The van der Waals surface area contributed by atoms with Crippen molar-refractivity contribution in [2.24, 2.45) is 0 Å². The second-order valence-corrected chi connectivity index (χ2v) is 8.11. The van der Waals surface area contributed by atoms with E-state index in [-0.39, 0.29) is 21.4 Å². The third-order valence-electron chi connectivity index (χ3n) is 2.22. The number of anilines is 1. The number of nitrogens with one attached hydrogen (secondary N) is 1. The monoisotopic (exact) mass is 395 g/mol. The fourth-order valence-corrected chi connectivity index (χ4v) is 5.84. The highest BCUT2D eigenvalue weighted by molar-refractivity contribution is 9.10. The lowest BCUT2D eigenvalue weighted by Gasteiger charge is -2.07. The Bertz CT molecular complexity index is 720. The minimum Gasteiger partial charge on any atom is -0.462 e. The highest BCUT2D eigenvalue weighted by Gasteiger charge is 2.23. The van der Waals surface area contributed by atoms with Crippen molar-refractivity contribution >= 4 is 59.6 Å². The summed E-state index contributed by atoms with van der Waals surface area (Å²) in [6.45, 7) is 1.92. The Kier molecular flexibility index (Phi) is 4.84. The van der Waals surface area contributed by atoms with Crippen molar-refractivity contribution in [3.8, 4) is 0 Å². The van der Waals surface area contributed by atoms with Crippen LogP contribution in [-0.4, -0.2) is 21.0 Å². The van der Waals surface area contributed by atoms with E-state index < -0.39 is 16.0 Å². The van der Waals surface area contributed by atoms with E-state index in [1.165, 1.54) is 6.07 Å². The van der Waals surface area contributed by atoms with Gasteiger partial charge in [0.05, 0.1) is 12.2 Å². The molecule has 0 atom stereocenters. The van der Waals surface area contributed by atoms with Crippen LogP contribution in [0.5, 0.6) is 0 Å². The summed E-state index contributed by atoms with van der Waals surface area (Å²) in [6, 6.07) is 3.18. The number of esters is 1. The van der Waals surface area contributed by atoms with E-state index in [0.717, 1.165) is 22.7 Å². The van der Waals surface area contributed by atoms with Gasteiger partial charge in [-0.15, -0.1) is 22.7 Å². The summed E-state index contributed by atoms with van der Waals surface area (Å²) in [5.74, 6) is -0.545. The summed E-state index contributed by atoms with van der Waals surface area (Å²) in [5.41, 5.74) is 0.216. The second kappa shape index (κ2) is 6.25. The maximum atomic E-state index is 12.2. The van der Waals surface area contributed by atoms with Gasteiger partial charge < -0.3 is 4.74 Å². The van der Waals surface area contributed by atoms with Gasteiger partial charge in [0.15, 0.2) is 4.21 Å². The fraction of sp³-hybridized carbons (Fsp3) is 0.182. The molecule has 0 aliphatic heterocycles. The summed E-state index contributed by atoms with van der Waals surface area (Å²) in [7, 11) is -3.72. The van der Waals surface area contributed by atoms with Gasteiger partial charge in [-0.05, 0) is 45.7 Å². The predicted molar refractivity (Wildman–Crippen MR) is 83.1 cm³/mol. The minimum absolute atomic E-state index is 0.167. The van der Waals surface area contributed by atoms with Gasteiger partial charge in [-0.1, -0.05) is 0 Å². The van der Waals surface area contributed by atoms with Crippen LogP contribution in [0.2, 0.25) is 0 Å². The molecule has 2 aromatic heterocycles. The number of rotatable bonds is 5. The molecule has 0 aromatic carbocycles. The van der Waals surface area contributed by atoms with Gasteiger partial charge >= 0.3 is 5.97 Å². The lowest BCUT2D eigenvalue weighted by atomic mass is 10.3. The molecule has 0 aliphatic carbocycles. The Morgan fingerprint density at radius 1 is 1.35 bits per heavy atom. The number of carbonyl (C=O) groups excluding carboxylic acids is 1. The summed E-state index contributed by atoms with van der Waals surface area (Å²) >= 11 is 5.41. The number of thiophene rings is 2. The molecule has 0 amide bonds. The smallest absolute Gasteiger partial charge is 0.341 e. The Morgan fingerprint density at radius 3 is 2.65 bits per heavy atom. The Hall–Kier alpha value is -0.900. The molecule has 5 nitrogen and oxygen atoms in total. The Balaban J connectivity index is 2.30. The molecule has 1 N–H and O–H groups in total. The van der Waals surface area contributed by atoms with Crippen LogP contribution in [-0.2, 0) is 14.8 Å². The molecule has 0 unspecified atom stereocenters. The molecule has 20 heavy (non-hydrogen) atoms. The maximum Gasteiger partial charge on any atom is 0.341 e. The van der Waals surface area contributed by atoms with E-state index in [0.29, 0.717) is 4.47 Å². The Labute approximate surface area is 132 Å². The van der Waals surface area contributed by atoms with Gasteiger partial charge in [-0.3, -0.25) is 4.72 Å². The van der Waals surface area contributed by atoms with Crippen LogP contribution >= 0.6 is 38.6 Å². The van der Waals surface area contributed by atoms with Crippen LogP contribution < -0.4 is 4.72 Å². The molecule has 0 spiro atoms. The molecular formula is C11H10BrNO4S3. The molecule has 0 aliphatic rings. The normalized spacial score (nSPS) is 11.3. The molecule has 9 heteroatoms. The summed E-state index contributed by atoms with van der Waals surface area (Å²) in [5, 5.41) is 3.55. The van der Waals surface area contributed by atoms with E-state index in [1.807, 2.05) is 0 Å². The van der Waals surface area contributed by atoms with Crippen molar-refractivity contribution in [1.82, 2.24) is 0 Å². The van der Waals surface area contributed by atoms with Gasteiger partial charge in [0, 0.05) is 4.47 Å². The number of hydrogen-bond donors (Lipinski definition) is 1. The molecule has 0 bridgehead atoms. The van der Waals surface area contributed by atoms with E-state index >= 15 is 0 Å². The number of carbonyl (C=O) groups is 1. The van der Waals surface area contributed by atoms with Crippen molar-refractivity contribution in [2.45, 2.75) is 11.1 Å². The first-order valence-corrected chi connectivity index (χ1v) is 9.49. The topological polar surface area (TPSA) is 72.5 Å². The van der Waals surface area contributed by atoms with Crippen molar-refractivity contribution < 1.29 is 17.9 Å². The zero-order chi connectivity index (χ0) is 14.8. The lowest BCUT2D eigenvalue weighted by Crippen LogP contribution is -2.14. The molecule has 0 saturated carbocycles. The first-order chi connectivity index (χ1) is 9.45. The lowest BCUT2D eigenvalue weighted by molar-refractivity contribution is 0.0528. The predicted octanol–water partition coefficient (Wildman–Crippen LogP) is 3.55. The van der Waals surface area contributed by atoms with Crippen LogP contribution in [0.15, 0.2) is 31.6 Å². The molecule has 108 valence electrons. The molecule has 2 aromatic rings. The first kappa shape index (κ1) is 15.5. The van der Waals surface area contributed by atoms with Gasteiger partial charge in [0.25, 0.3) is 10.0 Å². The van der Waals surface area contributed by atoms with Gasteiger partial charge in [0.2, 0.25) is 0 Å². The number of hydrogen-bond acceptors (Lipinski definition) is 6. The number of halogens is 1.